The Kier molecular flexibility index (Phi) is 7.50. The van der Waals surface area contributed by atoms with Crippen LogP contribution in [0.1, 0.15) is 18.1 Å². The van der Waals surface area contributed by atoms with Crippen LogP contribution in [0.3, 0.4) is 0 Å². The minimum absolute atomic E-state index is 0.0652. The van der Waals surface area contributed by atoms with Crippen molar-refractivity contribution in [3.05, 3.63) is 83.9 Å². The maximum Gasteiger partial charge on any atom is 0.242 e. The van der Waals surface area contributed by atoms with Crippen LogP contribution in [0.2, 0.25) is 0 Å². The van der Waals surface area contributed by atoms with E-state index >= 15 is 0 Å². The largest absolute Gasteiger partial charge is 0.496 e. The summed E-state index contributed by atoms with van der Waals surface area (Å²) in [5, 5.41) is 2.70. The van der Waals surface area contributed by atoms with Crippen LogP contribution < -0.4 is 19.5 Å². The molecule has 7 nitrogen and oxygen atoms in total. The van der Waals surface area contributed by atoms with Gasteiger partial charge < -0.3 is 14.8 Å². The molecule has 0 saturated heterocycles. The summed E-state index contributed by atoms with van der Waals surface area (Å²) >= 11 is 0. The Morgan fingerprint density at radius 2 is 1.69 bits per heavy atom. The van der Waals surface area contributed by atoms with Gasteiger partial charge in [0, 0.05) is 5.69 Å². The quantitative estimate of drug-likeness (QED) is 0.512. The number of rotatable bonds is 9. The van der Waals surface area contributed by atoms with Gasteiger partial charge in [-0.3, -0.25) is 4.79 Å². The van der Waals surface area contributed by atoms with E-state index in [0.29, 0.717) is 29.4 Å². The molecular formula is C24H26N2O5S. The van der Waals surface area contributed by atoms with E-state index < -0.39 is 22.0 Å². The van der Waals surface area contributed by atoms with E-state index in [9.17, 15) is 13.2 Å². The van der Waals surface area contributed by atoms with Crippen LogP contribution in [0.25, 0.3) is 0 Å². The van der Waals surface area contributed by atoms with Gasteiger partial charge in [-0.15, -0.1) is 0 Å². The Morgan fingerprint density at radius 3 is 2.31 bits per heavy atom. The summed E-state index contributed by atoms with van der Waals surface area (Å²) in [7, 11) is -2.35. The number of benzene rings is 3. The van der Waals surface area contributed by atoms with Crippen molar-refractivity contribution < 1.29 is 22.7 Å². The predicted octanol–water partition coefficient (Wildman–Crippen LogP) is 3.89. The summed E-state index contributed by atoms with van der Waals surface area (Å²) in [4.78, 5) is 12.6. The van der Waals surface area contributed by atoms with Crippen molar-refractivity contribution >= 4 is 21.6 Å². The highest BCUT2D eigenvalue weighted by Crippen LogP contribution is 2.22. The smallest absolute Gasteiger partial charge is 0.242 e. The molecule has 8 heteroatoms. The van der Waals surface area contributed by atoms with E-state index in [1.165, 1.54) is 26.2 Å². The van der Waals surface area contributed by atoms with Gasteiger partial charge in [0.2, 0.25) is 15.9 Å². The first-order chi connectivity index (χ1) is 15.3. The number of carbonyl (C=O) groups is 1. The summed E-state index contributed by atoms with van der Waals surface area (Å²) in [6, 6.07) is 20.2. The normalized spacial score (nSPS) is 12.1. The van der Waals surface area contributed by atoms with Crippen LogP contribution in [0.15, 0.2) is 77.7 Å². The van der Waals surface area contributed by atoms with Gasteiger partial charge in [-0.2, -0.15) is 4.72 Å². The number of carbonyl (C=O) groups excluding carboxylic acids is 1. The number of ether oxygens (including phenoxy) is 2. The molecule has 2 N–H and O–H groups in total. The molecule has 0 aliphatic carbocycles. The van der Waals surface area contributed by atoms with Gasteiger partial charge in [0.05, 0.1) is 18.0 Å². The number of hydrogen-bond acceptors (Lipinski definition) is 5. The van der Waals surface area contributed by atoms with Gasteiger partial charge >= 0.3 is 0 Å². The molecule has 32 heavy (non-hydrogen) atoms. The molecule has 1 atom stereocenters. The zero-order chi connectivity index (χ0) is 23.1. The maximum atomic E-state index is 12.6. The van der Waals surface area contributed by atoms with Crippen molar-refractivity contribution in [3.8, 4) is 11.5 Å². The Bertz CT molecular complexity index is 1160. The molecule has 3 aromatic carbocycles. The van der Waals surface area contributed by atoms with E-state index in [-0.39, 0.29) is 4.90 Å². The second-order valence-corrected chi connectivity index (χ2v) is 8.98. The maximum absolute atomic E-state index is 12.6. The molecule has 0 aliphatic heterocycles. The van der Waals surface area contributed by atoms with Gasteiger partial charge in [0.1, 0.15) is 18.1 Å². The Morgan fingerprint density at radius 1 is 1.00 bits per heavy atom. The minimum atomic E-state index is -3.87. The third-order valence-corrected chi connectivity index (χ3v) is 6.31. The fourth-order valence-corrected chi connectivity index (χ4v) is 4.29. The average molecular weight is 455 g/mol. The van der Waals surface area contributed by atoms with E-state index in [1.807, 2.05) is 30.3 Å². The van der Waals surface area contributed by atoms with Crippen molar-refractivity contribution in [2.75, 3.05) is 12.4 Å². The fourth-order valence-electron chi connectivity index (χ4n) is 3.00. The number of nitrogens with one attached hydrogen (secondary N) is 2. The first kappa shape index (κ1) is 23.3. The summed E-state index contributed by atoms with van der Waals surface area (Å²) in [5.74, 6) is 0.776. The van der Waals surface area contributed by atoms with E-state index in [2.05, 4.69) is 10.0 Å². The second kappa shape index (κ2) is 10.3. The molecule has 0 fully saturated rings. The molecule has 168 valence electrons. The summed E-state index contributed by atoms with van der Waals surface area (Å²) in [6.07, 6.45) is 0. The minimum Gasteiger partial charge on any atom is -0.496 e. The van der Waals surface area contributed by atoms with Gasteiger partial charge in [-0.05, 0) is 67.4 Å². The number of amides is 1. The first-order valence-corrected chi connectivity index (χ1v) is 11.5. The number of methoxy groups -OCH3 is 1. The van der Waals surface area contributed by atoms with E-state index in [4.69, 9.17) is 9.47 Å². The van der Waals surface area contributed by atoms with Crippen LogP contribution in [0, 0.1) is 6.92 Å². The molecule has 3 aromatic rings. The molecule has 0 bridgehead atoms. The molecular weight excluding hydrogens is 428 g/mol. The third-order valence-electron chi connectivity index (χ3n) is 4.77. The van der Waals surface area contributed by atoms with Gasteiger partial charge in [0.15, 0.2) is 0 Å². The highest BCUT2D eigenvalue weighted by atomic mass is 32.2. The first-order valence-electron chi connectivity index (χ1n) is 10.0. The number of anilines is 1. The number of aryl methyl sites for hydroxylation is 1. The molecule has 0 aromatic heterocycles. The van der Waals surface area contributed by atoms with Crippen LogP contribution >= 0.6 is 0 Å². The molecule has 0 heterocycles. The lowest BCUT2D eigenvalue weighted by Crippen LogP contribution is -2.41. The zero-order valence-corrected chi connectivity index (χ0v) is 19.0. The van der Waals surface area contributed by atoms with E-state index in [1.54, 1.807) is 37.3 Å². The highest BCUT2D eigenvalue weighted by Gasteiger charge is 2.22. The van der Waals surface area contributed by atoms with Crippen molar-refractivity contribution in [2.24, 2.45) is 0 Å². The molecule has 0 saturated carbocycles. The lowest BCUT2D eigenvalue weighted by atomic mass is 10.2. The second-order valence-electron chi connectivity index (χ2n) is 7.26. The van der Waals surface area contributed by atoms with Crippen molar-refractivity contribution in [3.63, 3.8) is 0 Å². The molecule has 0 radical (unpaired) electrons. The molecule has 1 amide bonds. The standard InChI is InChI=1S/C24H26N2O5S/c1-17-15-22(13-14-23(17)30-3)32(28,29)26-18(2)24(27)25-20-9-11-21(12-10-20)31-16-19-7-5-4-6-8-19/h4-15,18,26H,16H2,1-3H3,(H,25,27)/t18-/m0/s1. The summed E-state index contributed by atoms with van der Waals surface area (Å²) in [5.41, 5.74) is 2.27. The van der Waals surface area contributed by atoms with Crippen molar-refractivity contribution in [1.82, 2.24) is 4.72 Å². The van der Waals surface area contributed by atoms with Crippen molar-refractivity contribution in [2.45, 2.75) is 31.4 Å². The zero-order valence-electron chi connectivity index (χ0n) is 18.2. The molecule has 0 unspecified atom stereocenters. The summed E-state index contributed by atoms with van der Waals surface area (Å²) < 4.78 is 38.6. The third kappa shape index (κ3) is 6.09. The average Bonchev–Trinajstić information content (AvgIpc) is 2.79. The van der Waals surface area contributed by atoms with Crippen LogP contribution in [0.5, 0.6) is 11.5 Å². The Hall–Kier alpha value is -3.36. The van der Waals surface area contributed by atoms with Gasteiger partial charge in [-0.1, -0.05) is 30.3 Å². The number of hydrogen-bond donors (Lipinski definition) is 2. The SMILES string of the molecule is COc1ccc(S(=O)(=O)N[C@@H](C)C(=O)Nc2ccc(OCc3ccccc3)cc2)cc1C. The molecule has 0 spiro atoms. The highest BCUT2D eigenvalue weighted by molar-refractivity contribution is 7.89. The fraction of sp³-hybridized carbons (Fsp3) is 0.208. The van der Waals surface area contributed by atoms with E-state index in [0.717, 1.165) is 5.56 Å². The van der Waals surface area contributed by atoms with Crippen molar-refractivity contribution in [1.29, 1.82) is 0 Å². The summed E-state index contributed by atoms with van der Waals surface area (Å²) in [6.45, 7) is 3.68. The van der Waals surface area contributed by atoms with Gasteiger partial charge in [0.25, 0.3) is 0 Å². The molecule has 0 aliphatic rings. The topological polar surface area (TPSA) is 93.7 Å². The van der Waals surface area contributed by atoms with Crippen LogP contribution in [-0.4, -0.2) is 27.5 Å². The lowest BCUT2D eigenvalue weighted by Gasteiger charge is -2.15. The van der Waals surface area contributed by atoms with Crippen LogP contribution in [0.4, 0.5) is 5.69 Å². The number of sulfonamides is 1. The van der Waals surface area contributed by atoms with Crippen LogP contribution in [-0.2, 0) is 21.4 Å². The Balaban J connectivity index is 1.57. The Labute approximate surface area is 188 Å². The van der Waals surface area contributed by atoms with Gasteiger partial charge in [-0.25, -0.2) is 8.42 Å². The molecule has 3 rings (SSSR count). The predicted molar refractivity (Wildman–Crippen MR) is 123 cm³/mol. The lowest BCUT2D eigenvalue weighted by molar-refractivity contribution is -0.117. The monoisotopic (exact) mass is 454 g/mol.